The molecule has 0 saturated carbocycles. The highest BCUT2D eigenvalue weighted by Crippen LogP contribution is 2.19. The number of carboxylic acid groups (broad SMARTS) is 1. The quantitative estimate of drug-likeness (QED) is 0.865. The van der Waals surface area contributed by atoms with Crippen molar-refractivity contribution in [1.82, 2.24) is 4.90 Å². The predicted molar refractivity (Wildman–Crippen MR) is 62.6 cm³/mol. The van der Waals surface area contributed by atoms with Crippen molar-refractivity contribution in [2.24, 2.45) is 5.92 Å². The van der Waals surface area contributed by atoms with Gasteiger partial charge in [0, 0.05) is 19.5 Å². The van der Waals surface area contributed by atoms with Crippen LogP contribution in [0.25, 0.3) is 0 Å². The van der Waals surface area contributed by atoms with E-state index in [0.717, 1.165) is 12.1 Å². The Bertz CT molecular complexity index is 438. The number of amides is 1. The molecule has 4 heteroatoms. The van der Waals surface area contributed by atoms with Gasteiger partial charge in [-0.05, 0) is 23.6 Å². The number of carboxylic acids is 1. The summed E-state index contributed by atoms with van der Waals surface area (Å²) in [7, 11) is 0. The monoisotopic (exact) mass is 233 g/mol. The first-order valence-corrected chi connectivity index (χ1v) is 5.66. The number of likely N-dealkylation sites (tertiary alicyclic amines) is 1. The second-order valence-electron chi connectivity index (χ2n) is 4.59. The van der Waals surface area contributed by atoms with Crippen LogP contribution in [0.15, 0.2) is 24.3 Å². The van der Waals surface area contributed by atoms with Gasteiger partial charge in [0.05, 0.1) is 5.56 Å². The zero-order valence-electron chi connectivity index (χ0n) is 9.72. The molecule has 1 aliphatic heterocycles. The van der Waals surface area contributed by atoms with E-state index in [1.165, 1.54) is 0 Å². The van der Waals surface area contributed by atoms with E-state index < -0.39 is 5.97 Å². The van der Waals surface area contributed by atoms with Crippen molar-refractivity contribution in [2.75, 3.05) is 6.54 Å². The third-order valence-electron chi connectivity index (χ3n) is 2.98. The molecule has 0 aromatic heterocycles. The fourth-order valence-corrected chi connectivity index (χ4v) is 2.10. The van der Waals surface area contributed by atoms with E-state index in [-0.39, 0.29) is 11.5 Å². The molecule has 4 nitrogen and oxygen atoms in total. The lowest BCUT2D eigenvalue weighted by Crippen LogP contribution is -2.24. The Kier molecular flexibility index (Phi) is 3.13. The third-order valence-corrected chi connectivity index (χ3v) is 2.98. The number of benzene rings is 1. The molecule has 1 atom stereocenters. The molecule has 0 spiro atoms. The average molecular weight is 233 g/mol. The van der Waals surface area contributed by atoms with Crippen molar-refractivity contribution in [3.8, 4) is 0 Å². The maximum Gasteiger partial charge on any atom is 0.335 e. The largest absolute Gasteiger partial charge is 0.478 e. The Hall–Kier alpha value is -1.84. The zero-order valence-corrected chi connectivity index (χ0v) is 9.72. The average Bonchev–Trinajstić information content (AvgIpc) is 2.58. The maximum atomic E-state index is 11.6. The van der Waals surface area contributed by atoms with Gasteiger partial charge in [-0.3, -0.25) is 4.79 Å². The molecule has 1 fully saturated rings. The standard InChI is InChI=1S/C13H15NO3/c1-9-6-12(15)14(7-9)8-10-2-4-11(5-3-10)13(16)17/h2-5,9H,6-8H2,1H3,(H,16,17). The summed E-state index contributed by atoms with van der Waals surface area (Å²) in [5, 5.41) is 8.77. The smallest absolute Gasteiger partial charge is 0.335 e. The summed E-state index contributed by atoms with van der Waals surface area (Å²) in [6.07, 6.45) is 0.618. The molecule has 2 rings (SSSR count). The molecular formula is C13H15NO3. The predicted octanol–water partition coefficient (Wildman–Crippen LogP) is 1.75. The van der Waals surface area contributed by atoms with E-state index in [1.807, 2.05) is 4.90 Å². The molecule has 1 amide bonds. The number of aromatic carboxylic acids is 1. The summed E-state index contributed by atoms with van der Waals surface area (Å²) in [5.74, 6) is -0.331. The fourth-order valence-electron chi connectivity index (χ4n) is 2.10. The van der Waals surface area contributed by atoms with Gasteiger partial charge in [-0.25, -0.2) is 4.79 Å². The van der Waals surface area contributed by atoms with E-state index in [4.69, 9.17) is 5.11 Å². The highest BCUT2D eigenvalue weighted by atomic mass is 16.4. The van der Waals surface area contributed by atoms with Crippen LogP contribution in [0.2, 0.25) is 0 Å². The summed E-state index contributed by atoms with van der Waals surface area (Å²) < 4.78 is 0. The number of nitrogens with zero attached hydrogens (tertiary/aromatic N) is 1. The van der Waals surface area contributed by atoms with Crippen LogP contribution in [-0.4, -0.2) is 28.4 Å². The Morgan fingerprint density at radius 2 is 2.06 bits per heavy atom. The van der Waals surface area contributed by atoms with Gasteiger partial charge in [-0.15, -0.1) is 0 Å². The summed E-state index contributed by atoms with van der Waals surface area (Å²) in [4.78, 5) is 24.1. The van der Waals surface area contributed by atoms with E-state index in [9.17, 15) is 9.59 Å². The van der Waals surface area contributed by atoms with E-state index in [1.54, 1.807) is 24.3 Å². The van der Waals surface area contributed by atoms with Gasteiger partial charge in [-0.1, -0.05) is 19.1 Å². The number of carbonyl (C=O) groups is 2. The lowest BCUT2D eigenvalue weighted by Gasteiger charge is -2.16. The van der Waals surface area contributed by atoms with Crippen molar-refractivity contribution in [2.45, 2.75) is 19.9 Å². The molecule has 1 aliphatic rings. The van der Waals surface area contributed by atoms with Crippen LogP contribution < -0.4 is 0 Å². The second kappa shape index (κ2) is 4.57. The summed E-state index contributed by atoms with van der Waals surface area (Å²) in [6.45, 7) is 3.42. The molecule has 1 unspecified atom stereocenters. The van der Waals surface area contributed by atoms with Crippen molar-refractivity contribution in [3.05, 3.63) is 35.4 Å². The van der Waals surface area contributed by atoms with Crippen LogP contribution >= 0.6 is 0 Å². The minimum absolute atomic E-state index is 0.180. The first-order valence-electron chi connectivity index (χ1n) is 5.66. The first kappa shape index (κ1) is 11.6. The Balaban J connectivity index is 2.04. The molecule has 1 N–H and O–H groups in total. The van der Waals surface area contributed by atoms with Gasteiger partial charge in [0.15, 0.2) is 0 Å². The van der Waals surface area contributed by atoms with Gasteiger partial charge < -0.3 is 10.0 Å². The second-order valence-corrected chi connectivity index (χ2v) is 4.59. The van der Waals surface area contributed by atoms with Crippen LogP contribution in [0.1, 0.15) is 29.3 Å². The van der Waals surface area contributed by atoms with Crippen molar-refractivity contribution in [1.29, 1.82) is 0 Å². The summed E-state index contributed by atoms with van der Waals surface area (Å²) >= 11 is 0. The van der Waals surface area contributed by atoms with Crippen LogP contribution in [0.4, 0.5) is 0 Å². The molecule has 1 heterocycles. The topological polar surface area (TPSA) is 57.6 Å². The number of hydrogen-bond donors (Lipinski definition) is 1. The zero-order chi connectivity index (χ0) is 12.4. The number of rotatable bonds is 3. The van der Waals surface area contributed by atoms with Crippen LogP contribution in [0.3, 0.4) is 0 Å². The number of hydrogen-bond acceptors (Lipinski definition) is 2. The van der Waals surface area contributed by atoms with E-state index in [2.05, 4.69) is 6.92 Å². The Morgan fingerprint density at radius 3 is 2.53 bits per heavy atom. The lowest BCUT2D eigenvalue weighted by atomic mass is 10.1. The highest BCUT2D eigenvalue weighted by molar-refractivity contribution is 5.87. The lowest BCUT2D eigenvalue weighted by molar-refractivity contribution is -0.128. The Labute approximate surface area is 99.9 Å². The molecule has 90 valence electrons. The molecule has 1 aromatic carbocycles. The van der Waals surface area contributed by atoms with Gasteiger partial charge in [-0.2, -0.15) is 0 Å². The fraction of sp³-hybridized carbons (Fsp3) is 0.385. The van der Waals surface area contributed by atoms with Gasteiger partial charge >= 0.3 is 5.97 Å². The van der Waals surface area contributed by atoms with Crippen LogP contribution in [0.5, 0.6) is 0 Å². The van der Waals surface area contributed by atoms with Crippen LogP contribution in [0, 0.1) is 5.92 Å². The van der Waals surface area contributed by atoms with E-state index in [0.29, 0.717) is 18.9 Å². The minimum Gasteiger partial charge on any atom is -0.478 e. The molecule has 1 saturated heterocycles. The molecule has 0 aliphatic carbocycles. The first-order chi connectivity index (χ1) is 8.06. The SMILES string of the molecule is CC1CC(=O)N(Cc2ccc(C(=O)O)cc2)C1. The van der Waals surface area contributed by atoms with Crippen molar-refractivity contribution in [3.63, 3.8) is 0 Å². The highest BCUT2D eigenvalue weighted by Gasteiger charge is 2.26. The van der Waals surface area contributed by atoms with Gasteiger partial charge in [0.1, 0.15) is 0 Å². The molecule has 0 bridgehead atoms. The van der Waals surface area contributed by atoms with Gasteiger partial charge in [0.2, 0.25) is 5.91 Å². The normalized spacial score (nSPS) is 19.7. The number of carbonyl (C=O) groups excluding carboxylic acids is 1. The van der Waals surface area contributed by atoms with Crippen LogP contribution in [-0.2, 0) is 11.3 Å². The Morgan fingerprint density at radius 1 is 1.41 bits per heavy atom. The van der Waals surface area contributed by atoms with Crippen molar-refractivity contribution >= 4 is 11.9 Å². The van der Waals surface area contributed by atoms with Crippen molar-refractivity contribution < 1.29 is 14.7 Å². The molecular weight excluding hydrogens is 218 g/mol. The molecule has 17 heavy (non-hydrogen) atoms. The molecule has 1 aromatic rings. The van der Waals surface area contributed by atoms with E-state index >= 15 is 0 Å². The summed E-state index contributed by atoms with van der Waals surface area (Å²) in [6, 6.07) is 6.67. The summed E-state index contributed by atoms with van der Waals surface area (Å²) in [5.41, 5.74) is 1.24. The van der Waals surface area contributed by atoms with Gasteiger partial charge in [0.25, 0.3) is 0 Å². The maximum absolute atomic E-state index is 11.6. The molecule has 0 radical (unpaired) electrons. The minimum atomic E-state index is -0.928. The third kappa shape index (κ3) is 2.64.